The number of hydrogen-bond acceptors (Lipinski definition) is 5. The molecule has 1 amide bonds. The molecule has 0 radical (unpaired) electrons. The number of carbonyl (C=O) groups excluding carboxylic acids is 1. The van der Waals surface area contributed by atoms with Crippen LogP contribution in [-0.2, 0) is 4.79 Å². The molecule has 150 valence electrons. The lowest BCUT2D eigenvalue weighted by Crippen LogP contribution is -2.39. The van der Waals surface area contributed by atoms with Crippen LogP contribution in [0, 0.1) is 11.7 Å². The Kier molecular flexibility index (Phi) is 5.79. The van der Waals surface area contributed by atoms with Crippen molar-refractivity contribution < 1.29 is 9.18 Å². The fourth-order valence-electron chi connectivity index (χ4n) is 3.80. The van der Waals surface area contributed by atoms with Crippen LogP contribution in [-0.4, -0.2) is 31.9 Å². The molecule has 1 aromatic carbocycles. The first kappa shape index (κ1) is 19.0. The van der Waals surface area contributed by atoms with Gasteiger partial charge in [-0.05, 0) is 37.0 Å². The lowest BCUT2D eigenvalue weighted by Gasteiger charge is -2.30. The van der Waals surface area contributed by atoms with E-state index in [1.54, 1.807) is 43.1 Å². The van der Waals surface area contributed by atoms with Crippen molar-refractivity contribution in [3.05, 3.63) is 72.5 Å². The summed E-state index contributed by atoms with van der Waals surface area (Å²) in [6.07, 6.45) is 11.8. The monoisotopic (exact) mass is 394 g/mol. The van der Waals surface area contributed by atoms with Crippen LogP contribution in [0.1, 0.15) is 43.1 Å². The van der Waals surface area contributed by atoms with Crippen LogP contribution in [0.15, 0.2) is 55.2 Å². The van der Waals surface area contributed by atoms with Gasteiger partial charge in [0, 0.05) is 36.7 Å². The fraction of sp³-hybridized carbons (Fsp3) is 0.333. The molecule has 4 rings (SSSR count). The molecule has 1 aliphatic carbocycles. The van der Waals surface area contributed by atoms with Gasteiger partial charge in [-0.15, -0.1) is 0 Å². The molecule has 3 N–H and O–H groups in total. The highest BCUT2D eigenvalue weighted by Gasteiger charge is 2.30. The van der Waals surface area contributed by atoms with Gasteiger partial charge in [-0.2, -0.15) is 0 Å². The average Bonchev–Trinajstić information content (AvgIpc) is 3.28. The summed E-state index contributed by atoms with van der Waals surface area (Å²) in [6.45, 7) is 0. The summed E-state index contributed by atoms with van der Waals surface area (Å²) < 4.78 is 13.3. The Hall–Kier alpha value is -3.29. The van der Waals surface area contributed by atoms with E-state index in [-0.39, 0.29) is 23.7 Å². The highest BCUT2D eigenvalue weighted by Crippen LogP contribution is 2.28. The predicted molar refractivity (Wildman–Crippen MR) is 106 cm³/mol. The first-order valence-corrected chi connectivity index (χ1v) is 9.76. The normalized spacial score (nSPS) is 20.0. The first-order valence-electron chi connectivity index (χ1n) is 9.76. The number of nitrogens with zero attached hydrogens (tertiary/aromatic N) is 3. The van der Waals surface area contributed by atoms with Crippen LogP contribution >= 0.6 is 0 Å². The van der Waals surface area contributed by atoms with Crippen molar-refractivity contribution in [3.8, 4) is 0 Å². The topological polar surface area (TPSA) is 95.6 Å². The lowest BCUT2D eigenvalue weighted by atomic mass is 9.84. The van der Waals surface area contributed by atoms with E-state index in [0.29, 0.717) is 5.82 Å². The largest absolute Gasteiger partial charge is 0.366 e. The maximum absolute atomic E-state index is 13.3. The highest BCUT2D eigenvalue weighted by molar-refractivity contribution is 5.79. The van der Waals surface area contributed by atoms with E-state index in [2.05, 4.69) is 30.6 Å². The van der Waals surface area contributed by atoms with Crippen molar-refractivity contribution in [2.45, 2.75) is 37.8 Å². The van der Waals surface area contributed by atoms with E-state index >= 15 is 0 Å². The Balaban J connectivity index is 1.45. The molecule has 3 atom stereocenters. The number of H-pyrrole nitrogens is 1. The SMILES string of the molecule is O=C(NC(c1ccc(F)cc1)c1ncc[nH]1)C1CCCC(Nc2cnccn2)C1. The summed E-state index contributed by atoms with van der Waals surface area (Å²) in [5.74, 6) is 0.883. The molecule has 0 spiro atoms. The number of aromatic amines is 1. The standard InChI is InChI=1S/C21H23FN6O/c22-16-6-4-14(5-7-16)19(20-25-10-11-26-20)28-21(29)15-2-1-3-17(12-15)27-18-13-23-8-9-24-18/h4-11,13,15,17,19H,1-3,12H2,(H,24,27)(H,25,26)(H,28,29). The van der Waals surface area contributed by atoms with E-state index in [4.69, 9.17) is 0 Å². The molecule has 8 heteroatoms. The van der Waals surface area contributed by atoms with Crippen LogP contribution in [0.3, 0.4) is 0 Å². The van der Waals surface area contributed by atoms with Gasteiger partial charge in [-0.3, -0.25) is 9.78 Å². The summed E-state index contributed by atoms with van der Waals surface area (Å²) in [6, 6.07) is 5.83. The molecule has 3 aromatic rings. The number of carbonyl (C=O) groups is 1. The van der Waals surface area contributed by atoms with Crippen molar-refractivity contribution in [1.82, 2.24) is 25.3 Å². The third-order valence-electron chi connectivity index (χ3n) is 5.24. The Labute approximate surface area is 168 Å². The van der Waals surface area contributed by atoms with Crippen molar-refractivity contribution in [2.24, 2.45) is 5.92 Å². The predicted octanol–water partition coefficient (Wildman–Crippen LogP) is 3.22. The van der Waals surface area contributed by atoms with Crippen LogP contribution in [0.5, 0.6) is 0 Å². The maximum atomic E-state index is 13.3. The molecule has 1 saturated carbocycles. The second-order valence-electron chi connectivity index (χ2n) is 7.26. The van der Waals surface area contributed by atoms with E-state index in [1.807, 2.05) is 0 Å². The molecular formula is C21H23FN6O. The third-order valence-corrected chi connectivity index (χ3v) is 5.24. The number of benzene rings is 1. The lowest BCUT2D eigenvalue weighted by molar-refractivity contribution is -0.126. The summed E-state index contributed by atoms with van der Waals surface area (Å²) in [5, 5.41) is 6.47. The summed E-state index contributed by atoms with van der Waals surface area (Å²) in [7, 11) is 0. The average molecular weight is 394 g/mol. The Morgan fingerprint density at radius 3 is 2.72 bits per heavy atom. The van der Waals surface area contributed by atoms with E-state index in [9.17, 15) is 9.18 Å². The molecule has 0 saturated heterocycles. The fourth-order valence-corrected chi connectivity index (χ4v) is 3.80. The Morgan fingerprint density at radius 1 is 1.14 bits per heavy atom. The molecule has 2 aromatic heterocycles. The van der Waals surface area contributed by atoms with Crippen molar-refractivity contribution >= 4 is 11.7 Å². The Bertz CT molecular complexity index is 916. The number of nitrogens with one attached hydrogen (secondary N) is 3. The van der Waals surface area contributed by atoms with Crippen LogP contribution in [0.4, 0.5) is 10.2 Å². The van der Waals surface area contributed by atoms with Crippen molar-refractivity contribution in [3.63, 3.8) is 0 Å². The van der Waals surface area contributed by atoms with Crippen LogP contribution in [0.25, 0.3) is 0 Å². The van der Waals surface area contributed by atoms with E-state index < -0.39 is 6.04 Å². The van der Waals surface area contributed by atoms with Gasteiger partial charge < -0.3 is 15.6 Å². The van der Waals surface area contributed by atoms with Gasteiger partial charge in [0.25, 0.3) is 0 Å². The molecule has 0 bridgehead atoms. The minimum absolute atomic E-state index is 0.0265. The maximum Gasteiger partial charge on any atom is 0.224 e. The van der Waals surface area contributed by atoms with Crippen LogP contribution < -0.4 is 10.6 Å². The molecule has 3 unspecified atom stereocenters. The van der Waals surface area contributed by atoms with E-state index in [1.165, 1.54) is 12.1 Å². The zero-order valence-corrected chi connectivity index (χ0v) is 15.9. The highest BCUT2D eigenvalue weighted by atomic mass is 19.1. The molecule has 7 nitrogen and oxygen atoms in total. The second-order valence-corrected chi connectivity index (χ2v) is 7.26. The third kappa shape index (κ3) is 4.77. The van der Waals surface area contributed by atoms with Gasteiger partial charge in [0.05, 0.1) is 6.20 Å². The molecule has 29 heavy (non-hydrogen) atoms. The molecule has 2 heterocycles. The van der Waals surface area contributed by atoms with E-state index in [0.717, 1.165) is 37.1 Å². The number of halogens is 1. The minimum atomic E-state index is -0.452. The minimum Gasteiger partial charge on any atom is -0.366 e. The van der Waals surface area contributed by atoms with Gasteiger partial charge in [-0.1, -0.05) is 18.6 Å². The first-order chi connectivity index (χ1) is 14.2. The summed E-state index contributed by atoms with van der Waals surface area (Å²) in [5.41, 5.74) is 0.778. The Morgan fingerprint density at radius 2 is 2.00 bits per heavy atom. The van der Waals surface area contributed by atoms with Gasteiger partial charge in [0.15, 0.2) is 0 Å². The molecule has 1 fully saturated rings. The zero-order chi connectivity index (χ0) is 20.1. The number of hydrogen-bond donors (Lipinski definition) is 3. The van der Waals surface area contributed by atoms with Crippen molar-refractivity contribution in [1.29, 1.82) is 0 Å². The number of amides is 1. The van der Waals surface area contributed by atoms with Gasteiger partial charge in [-0.25, -0.2) is 14.4 Å². The summed E-state index contributed by atoms with van der Waals surface area (Å²) in [4.78, 5) is 28.7. The van der Waals surface area contributed by atoms with Crippen LogP contribution in [0.2, 0.25) is 0 Å². The van der Waals surface area contributed by atoms with Gasteiger partial charge >= 0.3 is 0 Å². The smallest absolute Gasteiger partial charge is 0.224 e. The van der Waals surface area contributed by atoms with Gasteiger partial charge in [0.2, 0.25) is 5.91 Å². The number of rotatable bonds is 6. The summed E-state index contributed by atoms with van der Waals surface area (Å²) >= 11 is 0. The quantitative estimate of drug-likeness (QED) is 0.597. The zero-order valence-electron chi connectivity index (χ0n) is 15.9. The molecule has 1 aliphatic rings. The number of aromatic nitrogens is 4. The van der Waals surface area contributed by atoms with Gasteiger partial charge in [0.1, 0.15) is 23.5 Å². The number of anilines is 1. The van der Waals surface area contributed by atoms with Crippen molar-refractivity contribution in [2.75, 3.05) is 5.32 Å². The molecule has 0 aliphatic heterocycles. The molecular weight excluding hydrogens is 371 g/mol. The number of imidazole rings is 1. The second kappa shape index (κ2) is 8.81.